The molecule has 0 aromatic carbocycles. The SMILES string of the molecule is CCCCC(CC)CO.CCCCC(CC)CO.[Pb]. The van der Waals surface area contributed by atoms with E-state index in [2.05, 4.69) is 27.7 Å². The average Bonchev–Trinajstić information content (AvgIpc) is 2.42. The van der Waals surface area contributed by atoms with Gasteiger partial charge in [0.25, 0.3) is 0 Å². The number of rotatable bonds is 10. The van der Waals surface area contributed by atoms with E-state index < -0.39 is 0 Å². The smallest absolute Gasteiger partial charge is 0.0459 e. The number of unbranched alkanes of at least 4 members (excludes halogenated alkanes) is 2. The first-order chi connectivity index (χ1) is 8.69. The first-order valence-corrected chi connectivity index (χ1v) is 7.91. The predicted molar refractivity (Wildman–Crippen MR) is 86.5 cm³/mol. The Morgan fingerprint density at radius 2 is 1.00 bits per heavy atom. The third-order valence-corrected chi connectivity index (χ3v) is 3.60. The van der Waals surface area contributed by atoms with E-state index in [1.165, 1.54) is 38.5 Å². The molecule has 0 amide bonds. The van der Waals surface area contributed by atoms with Gasteiger partial charge in [-0.2, -0.15) is 0 Å². The number of hydrogen-bond acceptors (Lipinski definition) is 2. The molecule has 0 fully saturated rings. The topological polar surface area (TPSA) is 40.5 Å². The quantitative estimate of drug-likeness (QED) is 0.477. The van der Waals surface area contributed by atoms with Gasteiger partial charge in [-0.25, -0.2) is 0 Å². The van der Waals surface area contributed by atoms with Crippen LogP contribution in [0.4, 0.5) is 0 Å². The van der Waals surface area contributed by atoms with Crippen molar-refractivity contribution in [2.75, 3.05) is 13.2 Å². The first kappa shape index (κ1) is 24.8. The van der Waals surface area contributed by atoms with Gasteiger partial charge in [-0.15, -0.1) is 0 Å². The fourth-order valence-corrected chi connectivity index (χ4v) is 1.83. The summed E-state index contributed by atoms with van der Waals surface area (Å²) >= 11 is 0. The Kier molecular flexibility index (Phi) is 27.6. The summed E-state index contributed by atoms with van der Waals surface area (Å²) in [6.45, 7) is 9.38. The van der Waals surface area contributed by atoms with Crippen LogP contribution in [-0.2, 0) is 0 Å². The number of aliphatic hydroxyl groups is 2. The molecule has 3 heteroatoms. The third-order valence-electron chi connectivity index (χ3n) is 3.60. The first-order valence-electron chi connectivity index (χ1n) is 7.91. The molecule has 116 valence electrons. The molecule has 0 aliphatic heterocycles. The second kappa shape index (κ2) is 21.1. The van der Waals surface area contributed by atoms with E-state index >= 15 is 0 Å². The van der Waals surface area contributed by atoms with Gasteiger partial charge in [-0.3, -0.25) is 0 Å². The molecule has 2 atom stereocenters. The predicted octanol–water partition coefficient (Wildman–Crippen LogP) is 4.01. The largest absolute Gasteiger partial charge is 0.396 e. The Hall–Kier alpha value is 0.842. The van der Waals surface area contributed by atoms with E-state index in [1.807, 2.05) is 0 Å². The van der Waals surface area contributed by atoms with Gasteiger partial charge in [0.05, 0.1) is 0 Å². The molecule has 0 aliphatic carbocycles. The molecular weight excluding hydrogens is 431 g/mol. The van der Waals surface area contributed by atoms with Crippen LogP contribution in [0.15, 0.2) is 0 Å². The maximum Gasteiger partial charge on any atom is 0.0459 e. The minimum absolute atomic E-state index is 0. The van der Waals surface area contributed by atoms with Crippen molar-refractivity contribution >= 4 is 27.3 Å². The Balaban J connectivity index is -0.000000256. The molecule has 2 nitrogen and oxygen atoms in total. The Morgan fingerprint density at radius 3 is 1.16 bits per heavy atom. The van der Waals surface area contributed by atoms with Crippen LogP contribution in [-0.4, -0.2) is 50.7 Å². The van der Waals surface area contributed by atoms with Gasteiger partial charge in [-0.05, 0) is 24.7 Å². The summed E-state index contributed by atoms with van der Waals surface area (Å²) in [5.74, 6) is 1.12. The number of aliphatic hydroxyl groups excluding tert-OH is 2. The van der Waals surface area contributed by atoms with Crippen LogP contribution in [0.5, 0.6) is 0 Å². The Bertz CT molecular complexity index is 119. The van der Waals surface area contributed by atoms with Crippen LogP contribution in [0, 0.1) is 11.8 Å². The molecule has 2 unspecified atom stereocenters. The minimum atomic E-state index is 0. The summed E-state index contributed by atoms with van der Waals surface area (Å²) in [6.07, 6.45) is 9.66. The molecule has 0 heterocycles. The van der Waals surface area contributed by atoms with Crippen molar-refractivity contribution in [3.63, 3.8) is 0 Å². The molecule has 19 heavy (non-hydrogen) atoms. The normalized spacial score (nSPS) is 12.9. The standard InChI is InChI=1S/2C8H18O.Pb/c2*1-3-5-6-8(4-2)7-9;/h2*8-9H,3-7H2,1-2H3;. The number of hydrogen-bond donors (Lipinski definition) is 2. The summed E-state index contributed by atoms with van der Waals surface area (Å²) in [5.41, 5.74) is 0. The van der Waals surface area contributed by atoms with Crippen LogP contribution in [0.3, 0.4) is 0 Å². The van der Waals surface area contributed by atoms with E-state index in [0.29, 0.717) is 25.0 Å². The molecule has 4 radical (unpaired) electrons. The Labute approximate surface area is 141 Å². The molecule has 2 N–H and O–H groups in total. The second-order valence-corrected chi connectivity index (χ2v) is 5.20. The van der Waals surface area contributed by atoms with E-state index in [1.54, 1.807) is 0 Å². The van der Waals surface area contributed by atoms with Crippen molar-refractivity contribution in [1.29, 1.82) is 0 Å². The summed E-state index contributed by atoms with van der Waals surface area (Å²) in [7, 11) is 0. The molecule has 0 spiro atoms. The van der Waals surface area contributed by atoms with E-state index in [9.17, 15) is 0 Å². The van der Waals surface area contributed by atoms with Gasteiger partial charge in [-0.1, -0.05) is 66.2 Å². The van der Waals surface area contributed by atoms with Crippen molar-refractivity contribution in [1.82, 2.24) is 0 Å². The van der Waals surface area contributed by atoms with Crippen molar-refractivity contribution in [2.45, 2.75) is 79.1 Å². The zero-order valence-corrected chi connectivity index (χ0v) is 17.5. The van der Waals surface area contributed by atoms with Gasteiger partial charge in [0.2, 0.25) is 0 Å². The summed E-state index contributed by atoms with van der Waals surface area (Å²) in [6, 6.07) is 0. The molecule has 0 aromatic rings. The van der Waals surface area contributed by atoms with Crippen LogP contribution in [0.1, 0.15) is 79.1 Å². The minimum Gasteiger partial charge on any atom is -0.396 e. The monoisotopic (exact) mass is 468 g/mol. The fraction of sp³-hybridized carbons (Fsp3) is 1.00. The summed E-state index contributed by atoms with van der Waals surface area (Å²) in [5, 5.41) is 17.5. The van der Waals surface area contributed by atoms with E-state index in [0.717, 1.165) is 12.8 Å². The van der Waals surface area contributed by atoms with Crippen molar-refractivity contribution in [2.24, 2.45) is 11.8 Å². The van der Waals surface area contributed by atoms with Gasteiger partial charge < -0.3 is 10.2 Å². The molecule has 0 saturated carbocycles. The van der Waals surface area contributed by atoms with Crippen molar-refractivity contribution in [3.8, 4) is 0 Å². The molecule has 0 saturated heterocycles. The summed E-state index contributed by atoms with van der Waals surface area (Å²) < 4.78 is 0. The molecular formula is C16H36O2Pb. The van der Waals surface area contributed by atoms with Crippen LogP contribution in [0.25, 0.3) is 0 Å². The maximum atomic E-state index is 8.75. The zero-order chi connectivity index (χ0) is 14.2. The molecule has 0 rings (SSSR count). The van der Waals surface area contributed by atoms with E-state index in [-0.39, 0.29) is 27.3 Å². The van der Waals surface area contributed by atoms with Crippen LogP contribution >= 0.6 is 0 Å². The third kappa shape index (κ3) is 18.8. The van der Waals surface area contributed by atoms with Crippen molar-refractivity contribution in [3.05, 3.63) is 0 Å². The van der Waals surface area contributed by atoms with Crippen LogP contribution < -0.4 is 0 Å². The second-order valence-electron chi connectivity index (χ2n) is 5.20. The molecule has 0 bridgehead atoms. The van der Waals surface area contributed by atoms with Crippen molar-refractivity contribution < 1.29 is 10.2 Å². The zero-order valence-electron chi connectivity index (χ0n) is 13.6. The molecule has 0 aliphatic rings. The van der Waals surface area contributed by atoms with E-state index in [4.69, 9.17) is 10.2 Å². The Morgan fingerprint density at radius 1 is 0.684 bits per heavy atom. The van der Waals surface area contributed by atoms with Crippen LogP contribution in [0.2, 0.25) is 0 Å². The summed E-state index contributed by atoms with van der Waals surface area (Å²) in [4.78, 5) is 0. The molecule has 0 aromatic heterocycles. The van der Waals surface area contributed by atoms with Gasteiger partial charge in [0.15, 0.2) is 0 Å². The fourth-order valence-electron chi connectivity index (χ4n) is 1.83. The van der Waals surface area contributed by atoms with Gasteiger partial charge in [0, 0.05) is 40.5 Å². The maximum absolute atomic E-state index is 8.75. The van der Waals surface area contributed by atoms with Gasteiger partial charge >= 0.3 is 0 Å². The van der Waals surface area contributed by atoms with Gasteiger partial charge in [0.1, 0.15) is 0 Å². The average molecular weight is 468 g/mol.